The van der Waals surface area contributed by atoms with Crippen molar-refractivity contribution in [3.8, 4) is 6.07 Å². The second-order valence-corrected chi connectivity index (χ2v) is 4.85. The Hall–Kier alpha value is -2.61. The molecule has 1 aromatic rings. The Kier molecular flexibility index (Phi) is 6.69. The third kappa shape index (κ3) is 6.92. The molecule has 1 atom stereocenters. The molecule has 0 aliphatic carbocycles. The molecule has 110 valence electrons. The lowest BCUT2D eigenvalue weighted by Crippen LogP contribution is -2.26. The van der Waals surface area contributed by atoms with Crippen molar-refractivity contribution in [3.63, 3.8) is 0 Å². The monoisotopic (exact) mass is 286 g/mol. The van der Waals surface area contributed by atoms with Crippen LogP contribution in [0.15, 0.2) is 30.3 Å². The van der Waals surface area contributed by atoms with E-state index in [0.717, 1.165) is 5.56 Å². The van der Waals surface area contributed by atoms with Gasteiger partial charge in [0.2, 0.25) is 5.91 Å². The average molecular weight is 286 g/mol. The fourth-order valence-corrected chi connectivity index (χ4v) is 1.69. The number of carboxylic acid groups (broad SMARTS) is 1. The van der Waals surface area contributed by atoms with E-state index in [2.05, 4.69) is 5.32 Å². The first-order valence-corrected chi connectivity index (χ1v) is 6.69. The summed E-state index contributed by atoms with van der Waals surface area (Å²) in [7, 11) is 0. The number of rotatable bonds is 7. The third-order valence-electron chi connectivity index (χ3n) is 2.92. The van der Waals surface area contributed by atoms with E-state index >= 15 is 0 Å². The Morgan fingerprint density at radius 1 is 1.48 bits per heavy atom. The molecule has 0 aliphatic heterocycles. The quantitative estimate of drug-likeness (QED) is 0.752. The van der Waals surface area contributed by atoms with Crippen molar-refractivity contribution >= 4 is 18.0 Å². The number of hydrogen-bond acceptors (Lipinski definition) is 3. The standard InChI is InChI=1S/C16H18N2O3/c1-12(5-8-16(20)21)11-18-15(19)7-6-13-3-2-4-14(9-13)10-17/h2-4,6-7,9,12H,5,8,11H2,1H3,(H,18,19)(H,20,21)/b7-6+. The molecule has 21 heavy (non-hydrogen) atoms. The first kappa shape index (κ1) is 16.4. The average Bonchev–Trinajstić information content (AvgIpc) is 2.49. The first-order valence-electron chi connectivity index (χ1n) is 6.69. The molecule has 5 nitrogen and oxygen atoms in total. The number of amides is 1. The van der Waals surface area contributed by atoms with Gasteiger partial charge in [0.25, 0.3) is 0 Å². The van der Waals surface area contributed by atoms with Gasteiger partial charge in [-0.2, -0.15) is 5.26 Å². The van der Waals surface area contributed by atoms with Crippen LogP contribution >= 0.6 is 0 Å². The number of nitrogens with zero attached hydrogens (tertiary/aromatic N) is 1. The van der Waals surface area contributed by atoms with E-state index in [1.165, 1.54) is 6.08 Å². The highest BCUT2D eigenvalue weighted by Gasteiger charge is 2.06. The number of carboxylic acids is 1. The second kappa shape index (κ2) is 8.54. The minimum Gasteiger partial charge on any atom is -0.481 e. The van der Waals surface area contributed by atoms with Crippen molar-refractivity contribution in [2.45, 2.75) is 19.8 Å². The Labute approximate surface area is 123 Å². The number of benzene rings is 1. The van der Waals surface area contributed by atoms with Crippen molar-refractivity contribution in [3.05, 3.63) is 41.5 Å². The zero-order valence-electron chi connectivity index (χ0n) is 11.9. The smallest absolute Gasteiger partial charge is 0.303 e. The summed E-state index contributed by atoms with van der Waals surface area (Å²) < 4.78 is 0. The summed E-state index contributed by atoms with van der Waals surface area (Å²) in [6.45, 7) is 2.33. The molecule has 0 heterocycles. The van der Waals surface area contributed by atoms with Gasteiger partial charge in [-0.15, -0.1) is 0 Å². The van der Waals surface area contributed by atoms with Crippen LogP contribution in [0.3, 0.4) is 0 Å². The molecule has 1 amide bonds. The van der Waals surface area contributed by atoms with Crippen LogP contribution < -0.4 is 5.32 Å². The lowest BCUT2D eigenvalue weighted by Gasteiger charge is -2.09. The fraction of sp³-hybridized carbons (Fsp3) is 0.312. The maximum Gasteiger partial charge on any atom is 0.303 e. The molecule has 1 unspecified atom stereocenters. The molecule has 1 rings (SSSR count). The number of carbonyl (C=O) groups is 2. The summed E-state index contributed by atoms with van der Waals surface area (Å²) in [4.78, 5) is 22.1. The van der Waals surface area contributed by atoms with Crippen molar-refractivity contribution in [2.75, 3.05) is 6.54 Å². The van der Waals surface area contributed by atoms with Gasteiger partial charge in [0.1, 0.15) is 0 Å². The number of nitriles is 1. The van der Waals surface area contributed by atoms with E-state index in [1.807, 2.05) is 13.0 Å². The summed E-state index contributed by atoms with van der Waals surface area (Å²) in [6, 6.07) is 8.99. The van der Waals surface area contributed by atoms with Gasteiger partial charge in [-0.05, 0) is 36.1 Å². The van der Waals surface area contributed by atoms with Crippen LogP contribution in [0.25, 0.3) is 6.08 Å². The van der Waals surface area contributed by atoms with Gasteiger partial charge < -0.3 is 10.4 Å². The van der Waals surface area contributed by atoms with Gasteiger partial charge in [0.15, 0.2) is 0 Å². The molecule has 0 saturated heterocycles. The Morgan fingerprint density at radius 2 is 2.24 bits per heavy atom. The lowest BCUT2D eigenvalue weighted by atomic mass is 10.1. The third-order valence-corrected chi connectivity index (χ3v) is 2.92. The van der Waals surface area contributed by atoms with Gasteiger partial charge in [-0.1, -0.05) is 19.1 Å². The minimum atomic E-state index is -0.828. The van der Waals surface area contributed by atoms with Crippen molar-refractivity contribution in [1.29, 1.82) is 5.26 Å². The summed E-state index contributed by atoms with van der Waals surface area (Å²) >= 11 is 0. The summed E-state index contributed by atoms with van der Waals surface area (Å²) in [6.07, 6.45) is 3.68. The molecule has 1 aromatic carbocycles. The van der Waals surface area contributed by atoms with Gasteiger partial charge in [0, 0.05) is 19.0 Å². The molecule has 0 aliphatic rings. The summed E-state index contributed by atoms with van der Waals surface area (Å²) in [5.41, 5.74) is 1.32. The highest BCUT2D eigenvalue weighted by atomic mass is 16.4. The maximum atomic E-state index is 11.6. The molecule has 0 bridgehead atoms. The molecular weight excluding hydrogens is 268 g/mol. The van der Waals surface area contributed by atoms with Crippen molar-refractivity contribution in [2.24, 2.45) is 5.92 Å². The van der Waals surface area contributed by atoms with Crippen LogP contribution in [-0.4, -0.2) is 23.5 Å². The van der Waals surface area contributed by atoms with Crippen molar-refractivity contribution in [1.82, 2.24) is 5.32 Å². The Morgan fingerprint density at radius 3 is 2.90 bits per heavy atom. The second-order valence-electron chi connectivity index (χ2n) is 4.85. The lowest BCUT2D eigenvalue weighted by molar-refractivity contribution is -0.137. The van der Waals surface area contributed by atoms with Gasteiger partial charge >= 0.3 is 5.97 Å². The predicted molar refractivity (Wildman–Crippen MR) is 79.2 cm³/mol. The van der Waals surface area contributed by atoms with E-state index in [4.69, 9.17) is 10.4 Å². The van der Waals surface area contributed by atoms with Gasteiger partial charge in [-0.3, -0.25) is 9.59 Å². The minimum absolute atomic E-state index is 0.105. The van der Waals surface area contributed by atoms with Crippen LogP contribution in [0.2, 0.25) is 0 Å². The maximum absolute atomic E-state index is 11.6. The van der Waals surface area contributed by atoms with Crippen LogP contribution in [0, 0.1) is 17.2 Å². The van der Waals surface area contributed by atoms with Crippen LogP contribution in [0.5, 0.6) is 0 Å². The SMILES string of the molecule is CC(CCC(=O)O)CNC(=O)/C=C/c1cccc(C#N)c1. The van der Waals surface area contributed by atoms with E-state index in [1.54, 1.807) is 30.3 Å². The Bertz CT molecular complexity index is 573. The summed E-state index contributed by atoms with van der Waals surface area (Å²) in [5.74, 6) is -0.953. The molecule has 0 radical (unpaired) electrons. The van der Waals surface area contributed by atoms with Crippen LogP contribution in [0.1, 0.15) is 30.9 Å². The van der Waals surface area contributed by atoms with E-state index in [9.17, 15) is 9.59 Å². The van der Waals surface area contributed by atoms with Crippen molar-refractivity contribution < 1.29 is 14.7 Å². The summed E-state index contributed by atoms with van der Waals surface area (Å²) in [5, 5.41) is 20.1. The zero-order valence-corrected chi connectivity index (χ0v) is 11.9. The first-order chi connectivity index (χ1) is 10.0. The van der Waals surface area contributed by atoms with E-state index in [0.29, 0.717) is 18.5 Å². The molecule has 0 fully saturated rings. The fourth-order valence-electron chi connectivity index (χ4n) is 1.69. The number of carbonyl (C=O) groups excluding carboxylic acids is 1. The van der Waals surface area contributed by atoms with Crippen LogP contribution in [0.4, 0.5) is 0 Å². The van der Waals surface area contributed by atoms with E-state index in [-0.39, 0.29) is 18.2 Å². The highest BCUT2D eigenvalue weighted by Crippen LogP contribution is 2.06. The molecule has 0 spiro atoms. The topological polar surface area (TPSA) is 90.2 Å². The number of aliphatic carboxylic acids is 1. The molecular formula is C16H18N2O3. The largest absolute Gasteiger partial charge is 0.481 e. The van der Waals surface area contributed by atoms with E-state index < -0.39 is 5.97 Å². The van der Waals surface area contributed by atoms with Crippen LogP contribution in [-0.2, 0) is 9.59 Å². The zero-order chi connectivity index (χ0) is 15.7. The number of hydrogen-bond donors (Lipinski definition) is 2. The normalized spacial score (nSPS) is 11.8. The Balaban J connectivity index is 2.41. The molecule has 2 N–H and O–H groups in total. The highest BCUT2D eigenvalue weighted by molar-refractivity contribution is 5.91. The number of nitrogens with one attached hydrogen (secondary N) is 1. The van der Waals surface area contributed by atoms with Gasteiger partial charge in [0.05, 0.1) is 11.6 Å². The predicted octanol–water partition coefficient (Wildman–Crippen LogP) is 2.19. The molecule has 0 saturated carbocycles. The molecule has 0 aromatic heterocycles. The molecule has 5 heteroatoms. The van der Waals surface area contributed by atoms with Gasteiger partial charge in [-0.25, -0.2) is 0 Å².